The summed E-state index contributed by atoms with van der Waals surface area (Å²) in [5, 5.41) is 0. The number of carbonyl (C=O) groups is 1. The van der Waals surface area contributed by atoms with Crippen LogP contribution in [0, 0.1) is 5.92 Å². The van der Waals surface area contributed by atoms with Crippen molar-refractivity contribution in [3.05, 3.63) is 47.8 Å². The minimum Gasteiger partial charge on any atom is -0.492 e. The number of nitrogen functional groups attached to an aromatic ring is 1. The Kier molecular flexibility index (Phi) is 6.04. The summed E-state index contributed by atoms with van der Waals surface area (Å²) in [5.41, 5.74) is 6.26. The fraction of sp³-hybridized carbons (Fsp3) is 0.435. The van der Waals surface area contributed by atoms with Crippen LogP contribution in [0.4, 0.5) is 11.6 Å². The van der Waals surface area contributed by atoms with Gasteiger partial charge in [0.05, 0.1) is 12.2 Å². The van der Waals surface area contributed by atoms with Gasteiger partial charge in [0.25, 0.3) is 15.9 Å². The Balaban J connectivity index is 1.75. The van der Waals surface area contributed by atoms with E-state index in [1.807, 2.05) is 6.08 Å². The van der Waals surface area contributed by atoms with Crippen LogP contribution in [0.2, 0.25) is 0 Å². The van der Waals surface area contributed by atoms with Crippen molar-refractivity contribution in [2.24, 2.45) is 5.92 Å². The molecular formula is C23H29N5O4S. The third-order valence-corrected chi connectivity index (χ3v) is 7.33. The summed E-state index contributed by atoms with van der Waals surface area (Å²) in [6.07, 6.45) is 6.14. The average molecular weight is 472 g/mol. The summed E-state index contributed by atoms with van der Waals surface area (Å²) < 4.78 is 33.6. The van der Waals surface area contributed by atoms with Crippen molar-refractivity contribution in [2.45, 2.75) is 50.5 Å². The number of nitrogens with one attached hydrogen (secondary N) is 1. The number of ether oxygens (including phenoxy) is 1. The van der Waals surface area contributed by atoms with E-state index in [0.29, 0.717) is 36.3 Å². The molecule has 4 rings (SSSR count). The molecule has 1 fully saturated rings. The van der Waals surface area contributed by atoms with E-state index in [-0.39, 0.29) is 21.8 Å². The molecule has 2 aromatic rings. The zero-order chi connectivity index (χ0) is 23.8. The summed E-state index contributed by atoms with van der Waals surface area (Å²) in [4.78, 5) is 23.7. The number of nitrogens with two attached hydrogens (primary N) is 1. The van der Waals surface area contributed by atoms with Crippen molar-refractivity contribution in [2.75, 3.05) is 23.8 Å². The molecule has 0 aromatic carbocycles. The number of anilines is 2. The molecule has 1 amide bonds. The number of hydrogen-bond acceptors (Lipinski definition) is 8. The molecule has 2 aromatic heterocycles. The number of carbonyl (C=O) groups excluding carboxylic acids is 1. The maximum absolute atomic E-state index is 13.2. The van der Waals surface area contributed by atoms with Gasteiger partial charge in [0, 0.05) is 18.3 Å². The van der Waals surface area contributed by atoms with Crippen molar-refractivity contribution in [3.63, 3.8) is 0 Å². The predicted octanol–water partition coefficient (Wildman–Crippen LogP) is 2.95. The van der Waals surface area contributed by atoms with Crippen LogP contribution >= 0.6 is 0 Å². The maximum Gasteiger partial charge on any atom is 0.268 e. The molecule has 33 heavy (non-hydrogen) atoms. The van der Waals surface area contributed by atoms with Crippen LogP contribution in [0.5, 0.6) is 0 Å². The summed E-state index contributed by atoms with van der Waals surface area (Å²) in [7, 11) is -4.22. The van der Waals surface area contributed by atoms with Crippen molar-refractivity contribution in [1.29, 1.82) is 0 Å². The zero-order valence-electron chi connectivity index (χ0n) is 19.0. The van der Waals surface area contributed by atoms with Crippen LogP contribution in [0.3, 0.4) is 0 Å². The molecule has 1 atom stereocenters. The van der Waals surface area contributed by atoms with E-state index in [1.54, 1.807) is 12.1 Å². The normalized spacial score (nSPS) is 20.2. The molecule has 0 aliphatic carbocycles. The monoisotopic (exact) mass is 471 g/mol. The lowest BCUT2D eigenvalue weighted by molar-refractivity contribution is 0.0981. The highest BCUT2D eigenvalue weighted by Gasteiger charge is 2.39. The first-order valence-electron chi connectivity index (χ1n) is 11.0. The molecule has 9 nitrogen and oxygen atoms in total. The Morgan fingerprint density at radius 2 is 2.09 bits per heavy atom. The van der Waals surface area contributed by atoms with Gasteiger partial charge in [-0.25, -0.2) is 23.1 Å². The van der Waals surface area contributed by atoms with Crippen molar-refractivity contribution >= 4 is 33.3 Å². The number of allylic oxidation sites excluding steroid dienone is 1. The van der Waals surface area contributed by atoms with Gasteiger partial charge < -0.3 is 15.4 Å². The van der Waals surface area contributed by atoms with Crippen LogP contribution in [0.15, 0.2) is 41.4 Å². The topological polar surface area (TPSA) is 128 Å². The summed E-state index contributed by atoms with van der Waals surface area (Å²) in [5.74, 6) is 0.549. The highest BCUT2D eigenvalue weighted by Crippen LogP contribution is 2.38. The summed E-state index contributed by atoms with van der Waals surface area (Å²) in [6, 6.07) is 6.04. The molecule has 0 unspecified atom stereocenters. The molecule has 0 bridgehead atoms. The van der Waals surface area contributed by atoms with Crippen molar-refractivity contribution < 1.29 is 17.9 Å². The van der Waals surface area contributed by atoms with Gasteiger partial charge in [0.15, 0.2) is 0 Å². The Bertz CT molecular complexity index is 1210. The Morgan fingerprint density at radius 3 is 2.73 bits per heavy atom. The molecule has 176 valence electrons. The number of hydrogen-bond donors (Lipinski definition) is 2. The van der Waals surface area contributed by atoms with Crippen molar-refractivity contribution in [3.8, 4) is 0 Å². The van der Waals surface area contributed by atoms with Crippen LogP contribution in [0.25, 0.3) is 5.76 Å². The third kappa shape index (κ3) is 4.66. The smallest absolute Gasteiger partial charge is 0.268 e. The molecule has 4 heterocycles. The Labute approximate surface area is 194 Å². The quantitative estimate of drug-likeness (QED) is 0.681. The first kappa shape index (κ1) is 23.0. The molecule has 2 aliphatic heterocycles. The van der Waals surface area contributed by atoms with Crippen LogP contribution in [-0.2, 0) is 14.8 Å². The van der Waals surface area contributed by atoms with Crippen LogP contribution < -0.4 is 15.4 Å². The molecule has 2 aliphatic rings. The fourth-order valence-electron chi connectivity index (χ4n) is 4.53. The van der Waals surface area contributed by atoms with E-state index in [9.17, 15) is 13.2 Å². The second kappa shape index (κ2) is 8.66. The van der Waals surface area contributed by atoms with E-state index in [2.05, 4.69) is 35.4 Å². The lowest BCUT2D eigenvalue weighted by atomic mass is 9.97. The van der Waals surface area contributed by atoms with Gasteiger partial charge in [0.1, 0.15) is 28.0 Å². The van der Waals surface area contributed by atoms with Gasteiger partial charge >= 0.3 is 0 Å². The second-order valence-corrected chi connectivity index (χ2v) is 10.8. The molecule has 0 saturated carbocycles. The van der Waals surface area contributed by atoms with E-state index in [4.69, 9.17) is 15.5 Å². The Morgan fingerprint density at radius 1 is 1.30 bits per heavy atom. The standard InChI is InChI=1S/C23H29N5O4S/c1-15-13-23(2,3)28(14-15)21-16(9-10-17(26-21)18-7-4-5-12-32-18)22(29)27-33(30,31)19-8-6-11-25-20(19)24/h6-11,15H,4-5,12-14H2,1-3H3,(H2,24,25)(H,27,29)/t15-/m0/s1. The third-order valence-electron chi connectivity index (χ3n) is 5.95. The lowest BCUT2D eigenvalue weighted by Gasteiger charge is -2.34. The number of amides is 1. The number of nitrogens with zero attached hydrogens (tertiary/aromatic N) is 3. The van der Waals surface area contributed by atoms with E-state index in [1.165, 1.54) is 18.3 Å². The van der Waals surface area contributed by atoms with E-state index < -0.39 is 15.9 Å². The van der Waals surface area contributed by atoms with Gasteiger partial charge in [-0.05, 0) is 69.4 Å². The lowest BCUT2D eigenvalue weighted by Crippen LogP contribution is -2.41. The van der Waals surface area contributed by atoms with Gasteiger partial charge in [-0.2, -0.15) is 0 Å². The Hall–Kier alpha value is -3.14. The van der Waals surface area contributed by atoms with Gasteiger partial charge in [-0.15, -0.1) is 0 Å². The van der Waals surface area contributed by atoms with E-state index >= 15 is 0 Å². The zero-order valence-corrected chi connectivity index (χ0v) is 19.9. The largest absolute Gasteiger partial charge is 0.492 e. The molecule has 0 radical (unpaired) electrons. The molecule has 3 N–H and O–H groups in total. The van der Waals surface area contributed by atoms with Gasteiger partial charge in [-0.1, -0.05) is 6.92 Å². The first-order valence-corrected chi connectivity index (χ1v) is 12.5. The highest BCUT2D eigenvalue weighted by atomic mass is 32.2. The minimum absolute atomic E-state index is 0.170. The molecule has 0 spiro atoms. The minimum atomic E-state index is -4.22. The SMILES string of the molecule is C[C@@H]1CN(c2nc(C3=CCCCO3)ccc2C(=O)NS(=O)(=O)c2cccnc2N)C(C)(C)C1. The van der Waals surface area contributed by atoms with Crippen LogP contribution in [-0.4, -0.2) is 43.0 Å². The number of rotatable bonds is 5. The summed E-state index contributed by atoms with van der Waals surface area (Å²) in [6.45, 7) is 7.65. The van der Waals surface area contributed by atoms with Crippen molar-refractivity contribution in [1.82, 2.24) is 14.7 Å². The van der Waals surface area contributed by atoms with Gasteiger partial charge in [0.2, 0.25) is 0 Å². The number of pyridine rings is 2. The highest BCUT2D eigenvalue weighted by molar-refractivity contribution is 7.90. The number of aromatic nitrogens is 2. The molecule has 10 heteroatoms. The average Bonchev–Trinajstić information content (AvgIpc) is 3.05. The molecule has 1 saturated heterocycles. The second-order valence-electron chi connectivity index (χ2n) is 9.18. The first-order chi connectivity index (χ1) is 15.6. The van der Waals surface area contributed by atoms with Gasteiger partial charge in [-0.3, -0.25) is 4.79 Å². The predicted molar refractivity (Wildman–Crippen MR) is 126 cm³/mol. The number of sulfonamides is 1. The fourth-order valence-corrected chi connectivity index (χ4v) is 5.58. The molecular weight excluding hydrogens is 442 g/mol. The maximum atomic E-state index is 13.2. The summed E-state index contributed by atoms with van der Waals surface area (Å²) >= 11 is 0. The van der Waals surface area contributed by atoms with Crippen LogP contribution in [0.1, 0.15) is 56.1 Å². The van der Waals surface area contributed by atoms with E-state index in [0.717, 1.165) is 19.3 Å².